The van der Waals surface area contributed by atoms with Crippen LogP contribution in [0, 0.1) is 11.3 Å². The van der Waals surface area contributed by atoms with Gasteiger partial charge in [-0.1, -0.05) is 0 Å². The first-order valence-electron chi connectivity index (χ1n) is 5.78. The molecule has 0 saturated heterocycles. The number of rotatable bonds is 2. The van der Waals surface area contributed by atoms with Crippen LogP contribution in [0.3, 0.4) is 0 Å². The van der Waals surface area contributed by atoms with Crippen molar-refractivity contribution in [3.05, 3.63) is 24.0 Å². The number of fused-ring (bicyclic) bond motifs is 1. The predicted molar refractivity (Wildman–Crippen MR) is 63.9 cm³/mol. The lowest BCUT2D eigenvalue weighted by Gasteiger charge is -2.27. The first kappa shape index (κ1) is 10.2. The molecule has 0 aromatic carbocycles. The molecule has 1 aliphatic rings. The SMILES string of the molecule is COc1cnc2c(c1)c(C#N)cn2C1CCC1. The van der Waals surface area contributed by atoms with Crippen molar-refractivity contribution in [1.29, 1.82) is 5.26 Å². The number of ether oxygens (including phenoxy) is 1. The van der Waals surface area contributed by atoms with Crippen molar-refractivity contribution in [3.8, 4) is 11.8 Å². The Labute approximate surface area is 99.4 Å². The Kier molecular flexibility index (Phi) is 2.25. The lowest BCUT2D eigenvalue weighted by molar-refractivity contribution is 0.320. The molecule has 0 atom stereocenters. The molecular formula is C13H13N3O. The van der Waals surface area contributed by atoms with E-state index in [-0.39, 0.29) is 0 Å². The first-order chi connectivity index (χ1) is 8.33. The van der Waals surface area contributed by atoms with Crippen LogP contribution >= 0.6 is 0 Å². The molecule has 2 heterocycles. The number of hydrogen-bond donors (Lipinski definition) is 0. The first-order valence-corrected chi connectivity index (χ1v) is 5.78. The van der Waals surface area contributed by atoms with Gasteiger partial charge in [-0.3, -0.25) is 0 Å². The van der Waals surface area contributed by atoms with Crippen LogP contribution in [0.2, 0.25) is 0 Å². The summed E-state index contributed by atoms with van der Waals surface area (Å²) in [5.74, 6) is 0.695. The summed E-state index contributed by atoms with van der Waals surface area (Å²) in [7, 11) is 1.61. The Morgan fingerprint density at radius 2 is 2.35 bits per heavy atom. The molecule has 0 unspecified atom stereocenters. The third kappa shape index (κ3) is 1.47. The summed E-state index contributed by atoms with van der Waals surface area (Å²) in [5, 5.41) is 10.0. The molecule has 2 aromatic rings. The van der Waals surface area contributed by atoms with Gasteiger partial charge in [-0.05, 0) is 25.3 Å². The van der Waals surface area contributed by atoms with E-state index < -0.39 is 0 Å². The van der Waals surface area contributed by atoms with Gasteiger partial charge >= 0.3 is 0 Å². The van der Waals surface area contributed by atoms with Gasteiger partial charge in [0.15, 0.2) is 0 Å². The maximum Gasteiger partial charge on any atom is 0.141 e. The summed E-state index contributed by atoms with van der Waals surface area (Å²) in [5.41, 5.74) is 1.57. The molecule has 17 heavy (non-hydrogen) atoms. The summed E-state index contributed by atoms with van der Waals surface area (Å²) >= 11 is 0. The second-order valence-electron chi connectivity index (χ2n) is 4.39. The van der Waals surface area contributed by atoms with Crippen LogP contribution in [-0.4, -0.2) is 16.7 Å². The van der Waals surface area contributed by atoms with Crippen molar-refractivity contribution >= 4 is 11.0 Å². The van der Waals surface area contributed by atoms with Gasteiger partial charge in [-0.2, -0.15) is 5.26 Å². The van der Waals surface area contributed by atoms with Gasteiger partial charge in [0.25, 0.3) is 0 Å². The maximum absolute atomic E-state index is 9.15. The van der Waals surface area contributed by atoms with E-state index in [2.05, 4.69) is 15.6 Å². The quantitative estimate of drug-likeness (QED) is 0.792. The minimum Gasteiger partial charge on any atom is -0.495 e. The number of methoxy groups -OCH3 is 1. The number of nitriles is 1. The molecule has 4 heteroatoms. The summed E-state index contributed by atoms with van der Waals surface area (Å²) in [6.07, 6.45) is 7.26. The minimum absolute atomic E-state index is 0.514. The van der Waals surface area contributed by atoms with Crippen LogP contribution in [0.5, 0.6) is 5.75 Å². The van der Waals surface area contributed by atoms with Crippen LogP contribution in [0.15, 0.2) is 18.5 Å². The van der Waals surface area contributed by atoms with Gasteiger partial charge in [0.1, 0.15) is 17.5 Å². The lowest BCUT2D eigenvalue weighted by atomic mass is 9.93. The van der Waals surface area contributed by atoms with E-state index >= 15 is 0 Å². The fraction of sp³-hybridized carbons (Fsp3) is 0.385. The van der Waals surface area contributed by atoms with Crippen LogP contribution in [-0.2, 0) is 0 Å². The van der Waals surface area contributed by atoms with Gasteiger partial charge in [-0.15, -0.1) is 0 Å². The third-order valence-corrected chi connectivity index (χ3v) is 3.47. The lowest BCUT2D eigenvalue weighted by Crippen LogP contribution is -2.16. The Balaban J connectivity index is 2.21. The molecule has 2 aromatic heterocycles. The molecule has 3 rings (SSSR count). The Bertz CT molecular complexity index is 605. The molecule has 0 amide bonds. The number of hydrogen-bond acceptors (Lipinski definition) is 3. The van der Waals surface area contributed by atoms with Crippen molar-refractivity contribution in [1.82, 2.24) is 9.55 Å². The molecule has 4 nitrogen and oxygen atoms in total. The Morgan fingerprint density at radius 1 is 1.53 bits per heavy atom. The highest BCUT2D eigenvalue weighted by Gasteiger charge is 2.23. The molecule has 0 aliphatic heterocycles. The van der Waals surface area contributed by atoms with Crippen LogP contribution < -0.4 is 4.74 Å². The zero-order valence-electron chi connectivity index (χ0n) is 9.68. The molecule has 0 radical (unpaired) electrons. The van der Waals surface area contributed by atoms with Gasteiger partial charge < -0.3 is 9.30 Å². The highest BCUT2D eigenvalue weighted by atomic mass is 16.5. The molecule has 0 N–H and O–H groups in total. The van der Waals surface area contributed by atoms with Crippen LogP contribution in [0.4, 0.5) is 0 Å². The molecular weight excluding hydrogens is 214 g/mol. The monoisotopic (exact) mass is 227 g/mol. The van der Waals surface area contributed by atoms with E-state index in [4.69, 9.17) is 10.00 Å². The summed E-state index contributed by atoms with van der Waals surface area (Å²) < 4.78 is 7.29. The number of nitrogens with zero attached hydrogens (tertiary/aromatic N) is 3. The smallest absolute Gasteiger partial charge is 0.141 e. The number of pyridine rings is 1. The second-order valence-corrected chi connectivity index (χ2v) is 4.39. The molecule has 1 saturated carbocycles. The summed E-state index contributed by atoms with van der Waals surface area (Å²) in [6.45, 7) is 0. The standard InChI is InChI=1S/C13H13N3O/c1-17-11-5-12-9(6-14)8-16(10-3-2-4-10)13(12)15-7-11/h5,7-8,10H,2-4H2,1H3. The van der Waals surface area contributed by atoms with Crippen LogP contribution in [0.25, 0.3) is 11.0 Å². The molecule has 0 spiro atoms. The van der Waals surface area contributed by atoms with E-state index in [1.165, 1.54) is 19.3 Å². The van der Waals surface area contributed by atoms with Crippen molar-refractivity contribution < 1.29 is 4.74 Å². The maximum atomic E-state index is 9.15. The molecule has 0 bridgehead atoms. The van der Waals surface area contributed by atoms with E-state index in [1.54, 1.807) is 13.3 Å². The second kappa shape index (κ2) is 3.77. The van der Waals surface area contributed by atoms with Gasteiger partial charge in [-0.25, -0.2) is 4.98 Å². The fourth-order valence-corrected chi connectivity index (χ4v) is 2.26. The highest BCUT2D eigenvalue weighted by Crippen LogP contribution is 2.35. The average molecular weight is 227 g/mol. The highest BCUT2D eigenvalue weighted by molar-refractivity contribution is 5.84. The van der Waals surface area contributed by atoms with Crippen molar-refractivity contribution in [2.24, 2.45) is 0 Å². The predicted octanol–water partition coefficient (Wildman–Crippen LogP) is 2.64. The van der Waals surface area contributed by atoms with Crippen molar-refractivity contribution in [2.75, 3.05) is 7.11 Å². The Hall–Kier alpha value is -2.02. The largest absolute Gasteiger partial charge is 0.495 e. The zero-order valence-corrected chi connectivity index (χ0v) is 9.68. The van der Waals surface area contributed by atoms with Crippen LogP contribution in [0.1, 0.15) is 30.9 Å². The molecule has 86 valence electrons. The summed E-state index contributed by atoms with van der Waals surface area (Å²) in [4.78, 5) is 4.41. The van der Waals surface area contributed by atoms with Crippen molar-refractivity contribution in [3.63, 3.8) is 0 Å². The molecule has 1 fully saturated rings. The van der Waals surface area contributed by atoms with Crippen molar-refractivity contribution in [2.45, 2.75) is 25.3 Å². The van der Waals surface area contributed by atoms with Gasteiger partial charge in [0.05, 0.1) is 18.9 Å². The number of aromatic nitrogens is 2. The zero-order chi connectivity index (χ0) is 11.8. The molecule has 1 aliphatic carbocycles. The Morgan fingerprint density at radius 3 is 2.94 bits per heavy atom. The minimum atomic E-state index is 0.514. The van der Waals surface area contributed by atoms with Gasteiger partial charge in [0, 0.05) is 17.6 Å². The normalized spacial score (nSPS) is 15.5. The summed E-state index contributed by atoms with van der Waals surface area (Å²) in [6, 6.07) is 4.63. The van der Waals surface area contributed by atoms with E-state index in [1.807, 2.05) is 12.3 Å². The van der Waals surface area contributed by atoms with E-state index in [9.17, 15) is 0 Å². The van der Waals surface area contributed by atoms with Gasteiger partial charge in [0.2, 0.25) is 0 Å². The van der Waals surface area contributed by atoms with E-state index in [0.29, 0.717) is 17.4 Å². The van der Waals surface area contributed by atoms with E-state index in [0.717, 1.165) is 11.0 Å². The third-order valence-electron chi connectivity index (χ3n) is 3.47. The topological polar surface area (TPSA) is 50.8 Å². The average Bonchev–Trinajstić information content (AvgIpc) is 2.65. The fourth-order valence-electron chi connectivity index (χ4n) is 2.26.